The Balaban J connectivity index is 2.67. The maximum atomic E-state index is 12.3. The number of nitrogens with zero attached hydrogens (tertiary/aromatic N) is 1. The molecule has 8 heteroatoms. The molecule has 0 aromatic carbocycles. The van der Waals surface area contributed by atoms with E-state index in [9.17, 15) is 19.5 Å². The first-order valence-electron chi connectivity index (χ1n) is 7.13. The van der Waals surface area contributed by atoms with E-state index in [0.717, 1.165) is 6.42 Å². The molecule has 3 N–H and O–H groups in total. The number of amides is 3. The number of thioether (sulfide) groups is 1. The summed E-state index contributed by atoms with van der Waals surface area (Å²) in [7, 11) is 0. The van der Waals surface area contributed by atoms with Gasteiger partial charge in [0.15, 0.2) is 0 Å². The van der Waals surface area contributed by atoms with Crippen molar-refractivity contribution in [3.63, 3.8) is 0 Å². The number of hydrogen-bond donors (Lipinski definition) is 3. The summed E-state index contributed by atoms with van der Waals surface area (Å²) in [6.45, 7) is 5.98. The van der Waals surface area contributed by atoms with Gasteiger partial charge in [-0.25, -0.2) is 9.59 Å². The van der Waals surface area contributed by atoms with Crippen molar-refractivity contribution in [2.45, 2.75) is 51.1 Å². The average Bonchev–Trinajstić information content (AvgIpc) is 2.88. The molecule has 1 saturated heterocycles. The van der Waals surface area contributed by atoms with Gasteiger partial charge < -0.3 is 15.7 Å². The summed E-state index contributed by atoms with van der Waals surface area (Å²) >= 11 is 1.45. The van der Waals surface area contributed by atoms with Crippen LogP contribution in [0.4, 0.5) is 4.79 Å². The van der Waals surface area contributed by atoms with Crippen LogP contribution < -0.4 is 10.6 Å². The quantitative estimate of drug-likeness (QED) is 0.674. The molecule has 0 bridgehead atoms. The fourth-order valence-corrected chi connectivity index (χ4v) is 3.41. The maximum absolute atomic E-state index is 12.3. The van der Waals surface area contributed by atoms with E-state index >= 15 is 0 Å². The standard InChI is InChI=1S/C13H23N3O4S/c1-4-6-14-11(17)8(3)15-13(20)16-9(12(18)19)7-21-10(16)5-2/h8-10H,4-7H2,1-3H3,(H,14,17)(H,15,20)(H,18,19). The summed E-state index contributed by atoms with van der Waals surface area (Å²) in [6, 6.07) is -2.04. The number of aliphatic carboxylic acids is 1. The Morgan fingerprint density at radius 2 is 2.05 bits per heavy atom. The summed E-state index contributed by atoms with van der Waals surface area (Å²) in [5.41, 5.74) is 0. The summed E-state index contributed by atoms with van der Waals surface area (Å²) in [6.07, 6.45) is 1.48. The first-order valence-corrected chi connectivity index (χ1v) is 8.18. The Hall–Kier alpha value is -1.44. The van der Waals surface area contributed by atoms with Crippen molar-refractivity contribution < 1.29 is 19.5 Å². The maximum Gasteiger partial charge on any atom is 0.327 e. The number of hydrogen-bond acceptors (Lipinski definition) is 4. The molecule has 1 aliphatic heterocycles. The second-order valence-electron chi connectivity index (χ2n) is 4.92. The van der Waals surface area contributed by atoms with E-state index in [1.807, 2.05) is 13.8 Å². The fraction of sp³-hybridized carbons (Fsp3) is 0.769. The molecule has 1 aliphatic rings. The third-order valence-electron chi connectivity index (χ3n) is 3.24. The van der Waals surface area contributed by atoms with Gasteiger partial charge in [0.2, 0.25) is 5.91 Å². The van der Waals surface area contributed by atoms with Gasteiger partial charge in [0, 0.05) is 12.3 Å². The van der Waals surface area contributed by atoms with Gasteiger partial charge in [-0.1, -0.05) is 13.8 Å². The van der Waals surface area contributed by atoms with Crippen LogP contribution in [-0.2, 0) is 9.59 Å². The van der Waals surface area contributed by atoms with E-state index in [1.165, 1.54) is 16.7 Å². The van der Waals surface area contributed by atoms with E-state index < -0.39 is 24.1 Å². The number of carboxylic acids is 1. The lowest BCUT2D eigenvalue weighted by Gasteiger charge is -2.28. The fourth-order valence-electron chi connectivity index (χ4n) is 2.07. The minimum atomic E-state index is -1.02. The Labute approximate surface area is 128 Å². The Bertz CT molecular complexity index is 405. The summed E-state index contributed by atoms with van der Waals surface area (Å²) in [4.78, 5) is 36.6. The van der Waals surface area contributed by atoms with Crippen molar-refractivity contribution in [3.05, 3.63) is 0 Å². The molecule has 3 atom stereocenters. The molecule has 120 valence electrons. The van der Waals surface area contributed by atoms with Gasteiger partial charge in [-0.05, 0) is 19.8 Å². The molecule has 0 saturated carbocycles. The van der Waals surface area contributed by atoms with Gasteiger partial charge in [-0.2, -0.15) is 0 Å². The van der Waals surface area contributed by atoms with Crippen LogP contribution in [0.15, 0.2) is 0 Å². The Kier molecular flexibility index (Phi) is 6.80. The second-order valence-corrected chi connectivity index (χ2v) is 6.13. The van der Waals surface area contributed by atoms with Crippen molar-refractivity contribution in [1.82, 2.24) is 15.5 Å². The number of carbonyl (C=O) groups excluding carboxylic acids is 2. The summed E-state index contributed by atoms with van der Waals surface area (Å²) in [5.74, 6) is -0.911. The smallest absolute Gasteiger partial charge is 0.327 e. The zero-order valence-corrected chi connectivity index (χ0v) is 13.4. The third-order valence-corrected chi connectivity index (χ3v) is 4.70. The zero-order chi connectivity index (χ0) is 16.0. The summed E-state index contributed by atoms with van der Waals surface area (Å²) in [5, 5.41) is 14.3. The zero-order valence-electron chi connectivity index (χ0n) is 12.6. The molecule has 1 fully saturated rings. The largest absolute Gasteiger partial charge is 0.480 e. The lowest BCUT2D eigenvalue weighted by molar-refractivity contribution is -0.141. The minimum absolute atomic E-state index is 0.169. The van der Waals surface area contributed by atoms with Gasteiger partial charge in [-0.3, -0.25) is 9.69 Å². The molecule has 0 aliphatic carbocycles. The van der Waals surface area contributed by atoms with Gasteiger partial charge >= 0.3 is 12.0 Å². The second kappa shape index (κ2) is 8.11. The highest BCUT2D eigenvalue weighted by molar-refractivity contribution is 8.00. The van der Waals surface area contributed by atoms with Gasteiger partial charge in [0.25, 0.3) is 0 Å². The lowest BCUT2D eigenvalue weighted by atomic mass is 10.2. The molecule has 21 heavy (non-hydrogen) atoms. The minimum Gasteiger partial charge on any atom is -0.480 e. The molecule has 0 aromatic heterocycles. The SMILES string of the molecule is CCCNC(=O)C(C)NC(=O)N1C(CC)SCC1C(=O)O. The van der Waals surface area contributed by atoms with Crippen molar-refractivity contribution >= 4 is 29.7 Å². The van der Waals surface area contributed by atoms with Gasteiger partial charge in [0.1, 0.15) is 12.1 Å². The molecule has 3 amide bonds. The molecular formula is C13H23N3O4S. The number of carboxylic acid groups (broad SMARTS) is 1. The third kappa shape index (κ3) is 4.52. The average molecular weight is 317 g/mol. The highest BCUT2D eigenvalue weighted by Crippen LogP contribution is 2.31. The van der Waals surface area contributed by atoms with E-state index in [0.29, 0.717) is 18.7 Å². The monoisotopic (exact) mass is 317 g/mol. The predicted octanol–water partition coefficient (Wildman–Crippen LogP) is 0.849. The highest BCUT2D eigenvalue weighted by Gasteiger charge is 2.41. The van der Waals surface area contributed by atoms with Crippen LogP contribution >= 0.6 is 11.8 Å². The van der Waals surface area contributed by atoms with Crippen LogP contribution in [0.5, 0.6) is 0 Å². The molecule has 0 aromatic rings. The predicted molar refractivity (Wildman–Crippen MR) is 81.1 cm³/mol. The van der Waals surface area contributed by atoms with Crippen LogP contribution in [0.1, 0.15) is 33.6 Å². The highest BCUT2D eigenvalue weighted by atomic mass is 32.2. The number of rotatable bonds is 6. The normalized spacial score (nSPS) is 22.7. The van der Waals surface area contributed by atoms with E-state index in [-0.39, 0.29) is 11.3 Å². The first kappa shape index (κ1) is 17.6. The first-order chi connectivity index (χ1) is 9.92. The van der Waals surface area contributed by atoms with E-state index in [2.05, 4.69) is 10.6 Å². The molecular weight excluding hydrogens is 294 g/mol. The van der Waals surface area contributed by atoms with Crippen LogP contribution in [0.2, 0.25) is 0 Å². The molecule has 0 spiro atoms. The molecule has 7 nitrogen and oxygen atoms in total. The van der Waals surface area contributed by atoms with Crippen molar-refractivity contribution in [1.29, 1.82) is 0 Å². The van der Waals surface area contributed by atoms with Crippen LogP contribution in [0, 0.1) is 0 Å². The topological polar surface area (TPSA) is 98.7 Å². The lowest BCUT2D eigenvalue weighted by Crippen LogP contribution is -2.54. The van der Waals surface area contributed by atoms with Crippen molar-refractivity contribution in [3.8, 4) is 0 Å². The van der Waals surface area contributed by atoms with Gasteiger partial charge in [0.05, 0.1) is 5.37 Å². The van der Waals surface area contributed by atoms with E-state index in [4.69, 9.17) is 0 Å². The molecule has 0 radical (unpaired) electrons. The van der Waals surface area contributed by atoms with Crippen LogP contribution in [-0.4, -0.2) is 57.7 Å². The van der Waals surface area contributed by atoms with E-state index in [1.54, 1.807) is 6.92 Å². The number of carbonyl (C=O) groups is 3. The molecule has 3 unspecified atom stereocenters. The number of nitrogens with one attached hydrogen (secondary N) is 2. The van der Waals surface area contributed by atoms with Crippen LogP contribution in [0.25, 0.3) is 0 Å². The molecule has 1 rings (SSSR count). The van der Waals surface area contributed by atoms with Crippen LogP contribution in [0.3, 0.4) is 0 Å². The summed E-state index contributed by atoms with van der Waals surface area (Å²) < 4.78 is 0. The molecule has 1 heterocycles. The Morgan fingerprint density at radius 1 is 1.38 bits per heavy atom. The van der Waals surface area contributed by atoms with Crippen molar-refractivity contribution in [2.24, 2.45) is 0 Å². The Morgan fingerprint density at radius 3 is 2.57 bits per heavy atom. The van der Waals surface area contributed by atoms with Crippen molar-refractivity contribution in [2.75, 3.05) is 12.3 Å². The number of urea groups is 1. The van der Waals surface area contributed by atoms with Gasteiger partial charge in [-0.15, -0.1) is 11.8 Å².